The van der Waals surface area contributed by atoms with Gasteiger partial charge in [-0.3, -0.25) is 14.4 Å². The van der Waals surface area contributed by atoms with Gasteiger partial charge < -0.3 is 14.2 Å². The number of esters is 3. The van der Waals surface area contributed by atoms with E-state index in [9.17, 15) is 14.4 Å². The molecule has 6 nitrogen and oxygen atoms in total. The molecule has 0 unspecified atom stereocenters. The Balaban J connectivity index is 4.34. The van der Waals surface area contributed by atoms with Crippen LogP contribution < -0.4 is 0 Å². The van der Waals surface area contributed by atoms with Crippen LogP contribution in [0.4, 0.5) is 0 Å². The molecule has 0 radical (unpaired) electrons. The van der Waals surface area contributed by atoms with Crippen LogP contribution in [0.15, 0.2) is 36.5 Å². The molecule has 0 fully saturated rings. The summed E-state index contributed by atoms with van der Waals surface area (Å²) in [6.45, 7) is 6.60. The molecular weight excluding hydrogens is 781 g/mol. The minimum absolute atomic E-state index is 0.0772. The number of carbonyl (C=O) groups excluding carboxylic acids is 3. The number of allylic oxidation sites excluding steroid dienone is 6. The van der Waals surface area contributed by atoms with Crippen molar-refractivity contribution in [3.05, 3.63) is 36.5 Å². The number of unbranched alkanes of at least 4 members (excludes halogenated alkanes) is 33. The lowest BCUT2D eigenvalue weighted by atomic mass is 10.0. The van der Waals surface area contributed by atoms with Crippen LogP contribution in [-0.2, 0) is 28.6 Å². The molecule has 0 aliphatic rings. The highest BCUT2D eigenvalue weighted by molar-refractivity contribution is 5.71. The van der Waals surface area contributed by atoms with Crippen LogP contribution in [0.25, 0.3) is 0 Å². The van der Waals surface area contributed by atoms with Crippen molar-refractivity contribution in [2.24, 2.45) is 0 Å². The molecule has 0 amide bonds. The Hall–Kier alpha value is -2.37. The first kappa shape index (κ1) is 60.6. The van der Waals surface area contributed by atoms with Crippen molar-refractivity contribution >= 4 is 17.9 Å². The van der Waals surface area contributed by atoms with Crippen molar-refractivity contribution in [2.45, 2.75) is 297 Å². The van der Waals surface area contributed by atoms with E-state index in [1.54, 1.807) is 0 Å². The van der Waals surface area contributed by atoms with E-state index in [1.807, 2.05) is 0 Å². The molecule has 0 rings (SSSR count). The Bertz CT molecular complexity index is 1060. The number of hydrogen-bond acceptors (Lipinski definition) is 6. The lowest BCUT2D eigenvalue weighted by Gasteiger charge is -2.18. The van der Waals surface area contributed by atoms with E-state index in [0.717, 1.165) is 89.9 Å². The van der Waals surface area contributed by atoms with Crippen LogP contribution in [0.1, 0.15) is 290 Å². The van der Waals surface area contributed by atoms with Gasteiger partial charge in [-0.15, -0.1) is 0 Å². The smallest absolute Gasteiger partial charge is 0.306 e. The van der Waals surface area contributed by atoms with E-state index in [0.29, 0.717) is 19.3 Å². The maximum absolute atomic E-state index is 12.8. The number of carbonyl (C=O) groups is 3. The van der Waals surface area contributed by atoms with Gasteiger partial charge in [0.05, 0.1) is 0 Å². The molecule has 0 saturated heterocycles. The predicted molar refractivity (Wildman–Crippen MR) is 270 cm³/mol. The molecular formula is C57H104O6. The van der Waals surface area contributed by atoms with Crippen LogP contribution in [-0.4, -0.2) is 37.2 Å². The maximum atomic E-state index is 12.8. The monoisotopic (exact) mass is 885 g/mol. The molecule has 1 atom stereocenters. The standard InChI is InChI=1S/C57H104O6/c1-4-7-10-13-16-19-22-25-27-28-29-30-33-35-38-41-44-47-50-56(59)62-53-54(52-61-55(58)49-46-43-40-37-34-31-24-21-18-15-12-9-6-3)63-57(60)51-48-45-42-39-36-32-26-23-20-17-14-11-8-5-2/h14,17,21,23-24,26,54H,4-13,15-16,18-20,22,25,27-53H2,1-3H3/b17-14+,24-21+,26-23+/t54-/m1/s1. The van der Waals surface area contributed by atoms with Crippen LogP contribution in [0, 0.1) is 0 Å². The third-order valence-electron chi connectivity index (χ3n) is 12.1. The second-order valence-electron chi connectivity index (χ2n) is 18.5. The van der Waals surface area contributed by atoms with Gasteiger partial charge in [0.15, 0.2) is 6.10 Å². The quantitative estimate of drug-likeness (QED) is 0.0262. The fourth-order valence-electron chi connectivity index (χ4n) is 7.93. The van der Waals surface area contributed by atoms with E-state index in [4.69, 9.17) is 14.2 Å². The highest BCUT2D eigenvalue weighted by atomic mass is 16.6. The van der Waals surface area contributed by atoms with E-state index in [1.165, 1.54) is 161 Å². The summed E-state index contributed by atoms with van der Waals surface area (Å²) >= 11 is 0. The summed E-state index contributed by atoms with van der Waals surface area (Å²) < 4.78 is 16.8. The third-order valence-corrected chi connectivity index (χ3v) is 12.1. The Morgan fingerprint density at radius 3 is 0.952 bits per heavy atom. The van der Waals surface area contributed by atoms with Gasteiger partial charge in [-0.25, -0.2) is 0 Å². The third kappa shape index (κ3) is 50.5. The Labute approximate surface area is 391 Å². The van der Waals surface area contributed by atoms with Crippen LogP contribution in [0.2, 0.25) is 0 Å². The lowest BCUT2D eigenvalue weighted by Crippen LogP contribution is -2.30. The Morgan fingerprint density at radius 1 is 0.317 bits per heavy atom. The van der Waals surface area contributed by atoms with Crippen molar-refractivity contribution in [2.75, 3.05) is 13.2 Å². The molecule has 0 spiro atoms. The molecule has 368 valence electrons. The molecule has 0 aliphatic heterocycles. The van der Waals surface area contributed by atoms with Gasteiger partial charge in [0.2, 0.25) is 0 Å². The summed E-state index contributed by atoms with van der Waals surface area (Å²) in [4.78, 5) is 38.0. The molecule has 0 saturated carbocycles. The molecule has 0 aromatic heterocycles. The molecule has 0 aromatic rings. The molecule has 0 bridgehead atoms. The van der Waals surface area contributed by atoms with Gasteiger partial charge in [-0.2, -0.15) is 0 Å². The van der Waals surface area contributed by atoms with E-state index < -0.39 is 6.10 Å². The summed E-state index contributed by atoms with van der Waals surface area (Å²) in [5.74, 6) is -0.887. The van der Waals surface area contributed by atoms with Crippen LogP contribution in [0.3, 0.4) is 0 Å². The number of rotatable bonds is 50. The minimum atomic E-state index is -0.779. The van der Waals surface area contributed by atoms with E-state index in [-0.39, 0.29) is 31.1 Å². The normalized spacial score (nSPS) is 12.2. The first-order chi connectivity index (χ1) is 31.0. The van der Waals surface area contributed by atoms with Gasteiger partial charge in [-0.1, -0.05) is 237 Å². The van der Waals surface area contributed by atoms with Gasteiger partial charge >= 0.3 is 17.9 Å². The van der Waals surface area contributed by atoms with Gasteiger partial charge in [0.1, 0.15) is 13.2 Å². The van der Waals surface area contributed by atoms with Crippen molar-refractivity contribution in [1.29, 1.82) is 0 Å². The van der Waals surface area contributed by atoms with Gasteiger partial charge in [0.25, 0.3) is 0 Å². The Morgan fingerprint density at radius 2 is 0.587 bits per heavy atom. The summed E-state index contributed by atoms with van der Waals surface area (Å²) in [5, 5.41) is 0. The summed E-state index contributed by atoms with van der Waals surface area (Å²) in [5.41, 5.74) is 0. The number of ether oxygens (including phenoxy) is 3. The first-order valence-electron chi connectivity index (χ1n) is 27.5. The maximum Gasteiger partial charge on any atom is 0.306 e. The lowest BCUT2D eigenvalue weighted by molar-refractivity contribution is -0.167. The molecule has 0 N–H and O–H groups in total. The highest BCUT2D eigenvalue weighted by Gasteiger charge is 2.19. The van der Waals surface area contributed by atoms with Crippen molar-refractivity contribution < 1.29 is 28.6 Å². The number of hydrogen-bond donors (Lipinski definition) is 0. The molecule has 6 heteroatoms. The second-order valence-corrected chi connectivity index (χ2v) is 18.5. The minimum Gasteiger partial charge on any atom is -0.462 e. The first-order valence-corrected chi connectivity index (χ1v) is 27.5. The molecule has 0 aliphatic carbocycles. The SMILES string of the molecule is CCCC/C=C/C/C=C/CCCCCCCC(=O)O[C@H](COC(=O)CCCCCCC/C=C/CCCCCC)COC(=O)CCCCCCCCCCCCCCCCCCCC. The van der Waals surface area contributed by atoms with Crippen LogP contribution >= 0.6 is 0 Å². The van der Waals surface area contributed by atoms with Crippen molar-refractivity contribution in [3.63, 3.8) is 0 Å². The topological polar surface area (TPSA) is 78.9 Å². The van der Waals surface area contributed by atoms with Crippen molar-refractivity contribution in [1.82, 2.24) is 0 Å². The predicted octanol–water partition coefficient (Wildman–Crippen LogP) is 18.1. The Kier molecular flexibility index (Phi) is 50.3. The molecule has 0 aromatic carbocycles. The molecule has 0 heterocycles. The largest absolute Gasteiger partial charge is 0.462 e. The summed E-state index contributed by atoms with van der Waals surface area (Å²) in [6, 6.07) is 0. The summed E-state index contributed by atoms with van der Waals surface area (Å²) in [6.07, 6.45) is 61.3. The van der Waals surface area contributed by atoms with E-state index in [2.05, 4.69) is 57.2 Å². The fourth-order valence-corrected chi connectivity index (χ4v) is 7.93. The summed E-state index contributed by atoms with van der Waals surface area (Å²) in [7, 11) is 0. The fraction of sp³-hybridized carbons (Fsp3) is 0.842. The second kappa shape index (κ2) is 52.3. The molecule has 63 heavy (non-hydrogen) atoms. The van der Waals surface area contributed by atoms with E-state index >= 15 is 0 Å². The average molecular weight is 885 g/mol. The zero-order valence-electron chi connectivity index (χ0n) is 42.1. The van der Waals surface area contributed by atoms with Gasteiger partial charge in [-0.05, 0) is 70.6 Å². The zero-order chi connectivity index (χ0) is 45.8. The van der Waals surface area contributed by atoms with Gasteiger partial charge in [0, 0.05) is 19.3 Å². The zero-order valence-corrected chi connectivity index (χ0v) is 42.1. The average Bonchev–Trinajstić information content (AvgIpc) is 3.28. The van der Waals surface area contributed by atoms with Crippen molar-refractivity contribution in [3.8, 4) is 0 Å². The van der Waals surface area contributed by atoms with Crippen LogP contribution in [0.5, 0.6) is 0 Å². The highest BCUT2D eigenvalue weighted by Crippen LogP contribution is 2.16.